The molecule has 1 aromatic rings. The van der Waals surface area contributed by atoms with Crippen LogP contribution in [0.3, 0.4) is 0 Å². The lowest BCUT2D eigenvalue weighted by atomic mass is 10.1. The first kappa shape index (κ1) is 14.0. The van der Waals surface area contributed by atoms with Gasteiger partial charge in [-0.2, -0.15) is 0 Å². The van der Waals surface area contributed by atoms with Crippen LogP contribution in [-0.2, 0) is 4.74 Å². The van der Waals surface area contributed by atoms with Gasteiger partial charge in [0.25, 0.3) is 0 Å². The molecule has 0 aliphatic heterocycles. The van der Waals surface area contributed by atoms with Gasteiger partial charge in [-0.25, -0.2) is 14.6 Å². The second-order valence-corrected chi connectivity index (χ2v) is 4.58. The summed E-state index contributed by atoms with van der Waals surface area (Å²) in [6, 6.07) is 1.18. The number of pyridine rings is 1. The quantitative estimate of drug-likeness (QED) is 0.826. The Kier molecular flexibility index (Phi) is 3.90. The zero-order valence-corrected chi connectivity index (χ0v) is 10.7. The van der Waals surface area contributed by atoms with Crippen molar-refractivity contribution in [2.24, 2.45) is 0 Å². The van der Waals surface area contributed by atoms with Crippen LogP contribution in [-0.4, -0.2) is 34.7 Å². The first-order chi connectivity index (χ1) is 8.24. The number of ether oxygens (including phenoxy) is 2. The van der Waals surface area contributed by atoms with Crippen molar-refractivity contribution in [3.63, 3.8) is 0 Å². The van der Waals surface area contributed by atoms with Gasteiger partial charge < -0.3 is 14.6 Å². The first-order valence-corrected chi connectivity index (χ1v) is 5.25. The number of carbonyl (C=O) groups is 2. The zero-order chi connectivity index (χ0) is 13.9. The predicted octanol–water partition coefficient (Wildman–Crippen LogP) is 1.74. The molecule has 0 amide bonds. The van der Waals surface area contributed by atoms with Gasteiger partial charge in [0, 0.05) is 12.3 Å². The van der Waals surface area contributed by atoms with E-state index in [9.17, 15) is 9.59 Å². The van der Waals surface area contributed by atoms with E-state index in [-0.39, 0.29) is 17.0 Å². The van der Waals surface area contributed by atoms with E-state index >= 15 is 0 Å². The summed E-state index contributed by atoms with van der Waals surface area (Å²) in [5, 5.41) is 8.79. The van der Waals surface area contributed by atoms with Gasteiger partial charge in [-0.15, -0.1) is 0 Å². The van der Waals surface area contributed by atoms with Crippen LogP contribution in [0.5, 0.6) is 5.75 Å². The van der Waals surface area contributed by atoms with Gasteiger partial charge in [0.05, 0.1) is 7.11 Å². The van der Waals surface area contributed by atoms with Gasteiger partial charge in [0.2, 0.25) is 0 Å². The Morgan fingerprint density at radius 3 is 2.39 bits per heavy atom. The zero-order valence-electron chi connectivity index (χ0n) is 10.7. The van der Waals surface area contributed by atoms with Gasteiger partial charge in [0.1, 0.15) is 16.9 Å². The summed E-state index contributed by atoms with van der Waals surface area (Å²) in [5.74, 6) is -1.68. The SMILES string of the molecule is COc1cc(C(=O)O)ncc1C(=O)OC(C)(C)C. The summed E-state index contributed by atoms with van der Waals surface area (Å²) in [5.41, 5.74) is -0.746. The van der Waals surface area contributed by atoms with Crippen molar-refractivity contribution in [3.05, 3.63) is 23.5 Å². The number of nitrogens with zero attached hydrogens (tertiary/aromatic N) is 1. The molecule has 6 nitrogen and oxygen atoms in total. The third-order valence-corrected chi connectivity index (χ3v) is 1.92. The Balaban J connectivity index is 3.10. The van der Waals surface area contributed by atoms with Gasteiger partial charge in [-0.05, 0) is 20.8 Å². The maximum Gasteiger partial charge on any atom is 0.354 e. The molecule has 98 valence electrons. The predicted molar refractivity (Wildman–Crippen MR) is 62.9 cm³/mol. The topological polar surface area (TPSA) is 85.7 Å². The molecule has 0 bridgehead atoms. The fourth-order valence-electron chi connectivity index (χ4n) is 1.21. The fourth-order valence-corrected chi connectivity index (χ4v) is 1.21. The van der Waals surface area contributed by atoms with Crippen LogP contribution >= 0.6 is 0 Å². The number of esters is 1. The largest absolute Gasteiger partial charge is 0.496 e. The lowest BCUT2D eigenvalue weighted by Crippen LogP contribution is -2.24. The monoisotopic (exact) mass is 253 g/mol. The minimum absolute atomic E-state index is 0.0948. The average Bonchev–Trinajstić information content (AvgIpc) is 2.25. The van der Waals surface area contributed by atoms with Crippen LogP contribution in [0.2, 0.25) is 0 Å². The van der Waals surface area contributed by atoms with Crippen molar-refractivity contribution >= 4 is 11.9 Å². The normalized spacial score (nSPS) is 10.9. The van der Waals surface area contributed by atoms with Crippen molar-refractivity contribution < 1.29 is 24.2 Å². The number of aromatic carboxylic acids is 1. The van der Waals surface area contributed by atoms with Crippen molar-refractivity contribution in [3.8, 4) is 5.75 Å². The van der Waals surface area contributed by atoms with Crippen LogP contribution in [0.1, 0.15) is 41.6 Å². The van der Waals surface area contributed by atoms with Crippen LogP contribution in [0.4, 0.5) is 0 Å². The third-order valence-electron chi connectivity index (χ3n) is 1.92. The number of methoxy groups -OCH3 is 1. The van der Waals surface area contributed by atoms with Crippen molar-refractivity contribution in [2.45, 2.75) is 26.4 Å². The Morgan fingerprint density at radius 1 is 1.33 bits per heavy atom. The number of carboxylic acid groups (broad SMARTS) is 1. The molecule has 0 saturated heterocycles. The van der Waals surface area contributed by atoms with E-state index in [1.165, 1.54) is 13.2 Å². The van der Waals surface area contributed by atoms with E-state index in [0.29, 0.717) is 0 Å². The molecule has 0 unspecified atom stereocenters. The summed E-state index contributed by atoms with van der Waals surface area (Å²) in [6.45, 7) is 5.20. The molecule has 6 heteroatoms. The van der Waals surface area contributed by atoms with Crippen LogP contribution in [0, 0.1) is 0 Å². The molecule has 1 rings (SSSR count). The lowest BCUT2D eigenvalue weighted by Gasteiger charge is -2.20. The standard InChI is InChI=1S/C12H15NO5/c1-12(2,3)18-11(16)7-6-13-8(10(14)15)5-9(7)17-4/h5-6H,1-4H3,(H,14,15). The van der Waals surface area contributed by atoms with Crippen LogP contribution in [0.25, 0.3) is 0 Å². The molecule has 0 aromatic carbocycles. The van der Waals surface area contributed by atoms with Gasteiger partial charge in [-0.1, -0.05) is 0 Å². The molecule has 1 N–H and O–H groups in total. The minimum Gasteiger partial charge on any atom is -0.496 e. The highest BCUT2D eigenvalue weighted by molar-refractivity contribution is 5.94. The lowest BCUT2D eigenvalue weighted by molar-refractivity contribution is 0.00655. The van der Waals surface area contributed by atoms with Gasteiger partial charge in [-0.3, -0.25) is 0 Å². The van der Waals surface area contributed by atoms with Crippen molar-refractivity contribution in [2.75, 3.05) is 7.11 Å². The molecule has 0 aliphatic rings. The molecule has 0 radical (unpaired) electrons. The molecular formula is C12H15NO5. The average molecular weight is 253 g/mol. The van der Waals surface area contributed by atoms with Crippen molar-refractivity contribution in [1.82, 2.24) is 4.98 Å². The number of hydrogen-bond donors (Lipinski definition) is 1. The highest BCUT2D eigenvalue weighted by Gasteiger charge is 2.22. The summed E-state index contributed by atoms with van der Waals surface area (Å²) >= 11 is 0. The molecule has 1 heterocycles. The maximum absolute atomic E-state index is 11.8. The Labute approximate surface area is 105 Å². The maximum atomic E-state index is 11.8. The van der Waals surface area contributed by atoms with Gasteiger partial charge >= 0.3 is 11.9 Å². The van der Waals surface area contributed by atoms with E-state index in [1.54, 1.807) is 20.8 Å². The Morgan fingerprint density at radius 2 is 1.94 bits per heavy atom. The summed E-state index contributed by atoms with van der Waals surface area (Å²) in [4.78, 5) is 26.2. The Bertz CT molecular complexity index is 476. The number of rotatable bonds is 3. The van der Waals surface area contributed by atoms with E-state index in [0.717, 1.165) is 6.20 Å². The molecular weight excluding hydrogens is 238 g/mol. The first-order valence-electron chi connectivity index (χ1n) is 5.25. The van der Waals surface area contributed by atoms with Crippen LogP contribution in [0.15, 0.2) is 12.3 Å². The number of carbonyl (C=O) groups excluding carboxylic acids is 1. The highest BCUT2D eigenvalue weighted by Crippen LogP contribution is 2.21. The molecule has 0 saturated carbocycles. The summed E-state index contributed by atoms with van der Waals surface area (Å²) in [6.07, 6.45) is 1.14. The summed E-state index contributed by atoms with van der Waals surface area (Å²) < 4.78 is 10.1. The summed E-state index contributed by atoms with van der Waals surface area (Å²) in [7, 11) is 1.34. The molecule has 1 aromatic heterocycles. The molecule has 0 fully saturated rings. The second-order valence-electron chi connectivity index (χ2n) is 4.58. The smallest absolute Gasteiger partial charge is 0.354 e. The highest BCUT2D eigenvalue weighted by atomic mass is 16.6. The van der Waals surface area contributed by atoms with Gasteiger partial charge in [0.15, 0.2) is 5.69 Å². The van der Waals surface area contributed by atoms with Crippen molar-refractivity contribution in [1.29, 1.82) is 0 Å². The van der Waals surface area contributed by atoms with E-state index in [4.69, 9.17) is 14.6 Å². The number of hydrogen-bond acceptors (Lipinski definition) is 5. The van der Waals surface area contributed by atoms with E-state index in [1.807, 2.05) is 0 Å². The molecule has 0 spiro atoms. The molecule has 0 atom stereocenters. The molecule has 18 heavy (non-hydrogen) atoms. The third kappa shape index (κ3) is 3.44. The number of aromatic nitrogens is 1. The Hall–Kier alpha value is -2.11. The molecule has 0 aliphatic carbocycles. The number of carboxylic acids is 1. The minimum atomic E-state index is -1.19. The second kappa shape index (κ2) is 5.03. The van der Waals surface area contributed by atoms with Crippen LogP contribution < -0.4 is 4.74 Å². The fraction of sp³-hybridized carbons (Fsp3) is 0.417. The van der Waals surface area contributed by atoms with E-state index in [2.05, 4.69) is 4.98 Å². The van der Waals surface area contributed by atoms with E-state index < -0.39 is 17.5 Å².